The normalized spacial score (nSPS) is 13.9. The molecule has 2 aromatic carbocycles. The van der Waals surface area contributed by atoms with Crippen LogP contribution in [0.5, 0.6) is 0 Å². The molecule has 4 heteroatoms. The maximum absolute atomic E-state index is 13.3. The number of aryl methyl sites for hydroxylation is 1. The Morgan fingerprint density at radius 1 is 1.14 bits per heavy atom. The van der Waals surface area contributed by atoms with Crippen LogP contribution in [-0.4, -0.2) is 18.2 Å². The number of Topliss-reactive ketones (excluding diaryl/α,β-unsaturated/α-hetero) is 1. The molecule has 0 unspecified atom stereocenters. The van der Waals surface area contributed by atoms with Gasteiger partial charge in [0.15, 0.2) is 5.78 Å². The van der Waals surface area contributed by atoms with Crippen LogP contribution in [0.1, 0.15) is 28.8 Å². The molecule has 0 N–H and O–H groups in total. The van der Waals surface area contributed by atoms with E-state index in [1.807, 2.05) is 30.3 Å². The molecule has 0 saturated carbocycles. The molecule has 3 rings (SSSR count). The summed E-state index contributed by atoms with van der Waals surface area (Å²) in [6.07, 6.45) is 1.27. The van der Waals surface area contributed by atoms with E-state index in [0.29, 0.717) is 30.6 Å². The first kappa shape index (κ1) is 14.4. The van der Waals surface area contributed by atoms with Crippen LogP contribution in [0.4, 0.5) is 10.1 Å². The van der Waals surface area contributed by atoms with E-state index in [1.165, 1.54) is 18.2 Å². The Kier molecular flexibility index (Phi) is 4.00. The quantitative estimate of drug-likeness (QED) is 0.871. The minimum Gasteiger partial charge on any atom is -0.311 e. The molecule has 0 fully saturated rings. The molecule has 1 amide bonds. The summed E-state index contributed by atoms with van der Waals surface area (Å²) in [6, 6.07) is 13.8. The van der Waals surface area contributed by atoms with Crippen molar-refractivity contribution in [2.24, 2.45) is 0 Å². The minimum atomic E-state index is -0.453. The van der Waals surface area contributed by atoms with Gasteiger partial charge < -0.3 is 4.90 Å². The predicted octanol–water partition coefficient (Wildman–Crippen LogP) is 3.38. The van der Waals surface area contributed by atoms with Crippen molar-refractivity contribution in [3.8, 4) is 0 Å². The molecule has 0 saturated heterocycles. The lowest BCUT2D eigenvalue weighted by Gasteiger charge is -2.28. The van der Waals surface area contributed by atoms with E-state index in [1.54, 1.807) is 4.90 Å². The number of carbonyl (C=O) groups excluding carboxylic acids is 2. The molecule has 1 aliphatic rings. The summed E-state index contributed by atoms with van der Waals surface area (Å²) in [4.78, 5) is 25.9. The van der Waals surface area contributed by atoms with Gasteiger partial charge in [0.2, 0.25) is 5.91 Å². The molecule has 1 heterocycles. The Labute approximate surface area is 128 Å². The SMILES string of the molecule is O=C1CCN(C(=O)CCc2ccccc2)c2ccc(F)cc21. The molecule has 0 bridgehead atoms. The highest BCUT2D eigenvalue weighted by molar-refractivity contribution is 6.08. The minimum absolute atomic E-state index is 0.0378. The molecule has 0 aliphatic carbocycles. The summed E-state index contributed by atoms with van der Waals surface area (Å²) in [5.74, 6) is -0.600. The largest absolute Gasteiger partial charge is 0.311 e. The van der Waals surface area contributed by atoms with Crippen molar-refractivity contribution in [1.29, 1.82) is 0 Å². The highest BCUT2D eigenvalue weighted by atomic mass is 19.1. The van der Waals surface area contributed by atoms with Crippen molar-refractivity contribution >= 4 is 17.4 Å². The second-order valence-corrected chi connectivity index (χ2v) is 5.37. The Morgan fingerprint density at radius 2 is 1.91 bits per heavy atom. The number of amides is 1. The molecule has 22 heavy (non-hydrogen) atoms. The Hall–Kier alpha value is -2.49. The van der Waals surface area contributed by atoms with Crippen molar-refractivity contribution in [3.05, 3.63) is 65.5 Å². The van der Waals surface area contributed by atoms with Gasteiger partial charge in [0.05, 0.1) is 5.69 Å². The van der Waals surface area contributed by atoms with Crippen LogP contribution in [0.2, 0.25) is 0 Å². The van der Waals surface area contributed by atoms with Gasteiger partial charge in [-0.3, -0.25) is 9.59 Å². The standard InChI is InChI=1S/C18H16FNO2/c19-14-7-8-16-15(12-14)17(21)10-11-20(16)18(22)9-6-13-4-2-1-3-5-13/h1-5,7-8,12H,6,9-11H2. The fourth-order valence-electron chi connectivity index (χ4n) is 2.73. The summed E-state index contributed by atoms with van der Waals surface area (Å²) in [5.41, 5.74) is 1.93. The van der Waals surface area contributed by atoms with E-state index < -0.39 is 5.82 Å². The topological polar surface area (TPSA) is 37.4 Å². The molecule has 0 atom stereocenters. The number of carbonyl (C=O) groups is 2. The summed E-state index contributed by atoms with van der Waals surface area (Å²) in [6.45, 7) is 0.366. The first-order chi connectivity index (χ1) is 10.6. The van der Waals surface area contributed by atoms with Gasteiger partial charge >= 0.3 is 0 Å². The van der Waals surface area contributed by atoms with E-state index >= 15 is 0 Å². The fourth-order valence-corrected chi connectivity index (χ4v) is 2.73. The third-order valence-corrected chi connectivity index (χ3v) is 3.88. The number of halogens is 1. The van der Waals surface area contributed by atoms with Crippen molar-refractivity contribution in [2.45, 2.75) is 19.3 Å². The van der Waals surface area contributed by atoms with Crippen molar-refractivity contribution in [1.82, 2.24) is 0 Å². The van der Waals surface area contributed by atoms with Crippen molar-refractivity contribution < 1.29 is 14.0 Å². The third kappa shape index (κ3) is 2.91. The van der Waals surface area contributed by atoms with Crippen LogP contribution in [0.15, 0.2) is 48.5 Å². The summed E-state index contributed by atoms with van der Waals surface area (Å²) >= 11 is 0. The lowest BCUT2D eigenvalue weighted by molar-refractivity contribution is -0.118. The van der Waals surface area contributed by atoms with Gasteiger partial charge in [-0.25, -0.2) is 4.39 Å². The number of hydrogen-bond acceptors (Lipinski definition) is 2. The van der Waals surface area contributed by atoms with Crippen LogP contribution in [0.25, 0.3) is 0 Å². The molecule has 2 aromatic rings. The summed E-state index contributed by atoms with van der Waals surface area (Å²) in [7, 11) is 0. The van der Waals surface area contributed by atoms with E-state index in [4.69, 9.17) is 0 Å². The van der Waals surface area contributed by atoms with Gasteiger partial charge in [-0.05, 0) is 30.2 Å². The zero-order valence-electron chi connectivity index (χ0n) is 12.1. The molecule has 112 valence electrons. The van der Waals surface area contributed by atoms with Gasteiger partial charge in [-0.1, -0.05) is 30.3 Å². The third-order valence-electron chi connectivity index (χ3n) is 3.88. The van der Waals surface area contributed by atoms with Crippen LogP contribution in [0, 0.1) is 5.82 Å². The maximum Gasteiger partial charge on any atom is 0.227 e. The monoisotopic (exact) mass is 297 g/mol. The lowest BCUT2D eigenvalue weighted by atomic mass is 9.99. The van der Waals surface area contributed by atoms with E-state index in [0.717, 1.165) is 5.56 Å². The second kappa shape index (κ2) is 6.10. The smallest absolute Gasteiger partial charge is 0.227 e. The Morgan fingerprint density at radius 3 is 2.68 bits per heavy atom. The molecular formula is C18H16FNO2. The number of fused-ring (bicyclic) bond motifs is 1. The predicted molar refractivity (Wildman–Crippen MR) is 82.5 cm³/mol. The molecule has 3 nitrogen and oxygen atoms in total. The first-order valence-corrected chi connectivity index (χ1v) is 7.32. The van der Waals surface area contributed by atoms with Gasteiger partial charge in [-0.15, -0.1) is 0 Å². The first-order valence-electron chi connectivity index (χ1n) is 7.32. The second-order valence-electron chi connectivity index (χ2n) is 5.37. The fraction of sp³-hybridized carbons (Fsp3) is 0.222. The highest BCUT2D eigenvalue weighted by Gasteiger charge is 2.27. The molecule has 0 spiro atoms. The Bertz CT molecular complexity index is 712. The highest BCUT2D eigenvalue weighted by Crippen LogP contribution is 2.28. The lowest BCUT2D eigenvalue weighted by Crippen LogP contribution is -2.37. The van der Waals surface area contributed by atoms with Crippen molar-refractivity contribution in [3.63, 3.8) is 0 Å². The molecular weight excluding hydrogens is 281 g/mol. The number of hydrogen-bond donors (Lipinski definition) is 0. The average molecular weight is 297 g/mol. The summed E-state index contributed by atoms with van der Waals surface area (Å²) in [5, 5.41) is 0. The number of benzene rings is 2. The van der Waals surface area contributed by atoms with Crippen molar-refractivity contribution in [2.75, 3.05) is 11.4 Å². The van der Waals surface area contributed by atoms with Gasteiger partial charge in [0.25, 0.3) is 0 Å². The number of nitrogens with zero attached hydrogens (tertiary/aromatic N) is 1. The van der Waals surface area contributed by atoms with Crippen LogP contribution in [-0.2, 0) is 11.2 Å². The van der Waals surface area contributed by atoms with Gasteiger partial charge in [0.1, 0.15) is 5.82 Å². The summed E-state index contributed by atoms with van der Waals surface area (Å²) < 4.78 is 13.3. The number of anilines is 1. The van der Waals surface area contributed by atoms with Gasteiger partial charge in [-0.2, -0.15) is 0 Å². The van der Waals surface area contributed by atoms with E-state index in [9.17, 15) is 14.0 Å². The van der Waals surface area contributed by atoms with E-state index in [-0.39, 0.29) is 18.1 Å². The zero-order valence-corrected chi connectivity index (χ0v) is 12.1. The Balaban J connectivity index is 1.77. The van der Waals surface area contributed by atoms with Gasteiger partial charge in [0, 0.05) is 24.9 Å². The molecule has 0 aromatic heterocycles. The number of rotatable bonds is 3. The average Bonchev–Trinajstić information content (AvgIpc) is 2.54. The van der Waals surface area contributed by atoms with Crippen LogP contribution < -0.4 is 4.90 Å². The number of ketones is 1. The van der Waals surface area contributed by atoms with Crippen LogP contribution >= 0.6 is 0 Å². The molecule has 1 aliphatic heterocycles. The molecule has 0 radical (unpaired) electrons. The maximum atomic E-state index is 13.3. The van der Waals surface area contributed by atoms with Crippen LogP contribution in [0.3, 0.4) is 0 Å². The zero-order chi connectivity index (χ0) is 15.5. The van der Waals surface area contributed by atoms with E-state index in [2.05, 4.69) is 0 Å².